The number of halogens is 1. The number of carbonyl (C=O) groups is 1. The number of anilines is 2. The fourth-order valence-electron chi connectivity index (χ4n) is 2.52. The van der Waals surface area contributed by atoms with E-state index in [0.717, 1.165) is 11.3 Å². The van der Waals surface area contributed by atoms with Gasteiger partial charge in [0.1, 0.15) is 0 Å². The normalized spacial score (nSPS) is 10.4. The minimum atomic E-state index is -0.347. The maximum atomic E-state index is 11.7. The highest BCUT2D eigenvalue weighted by Crippen LogP contribution is 2.14. The minimum absolute atomic E-state index is 0.344. The number of aromatic nitrogens is 2. The predicted molar refractivity (Wildman–Crippen MR) is 115 cm³/mol. The summed E-state index contributed by atoms with van der Waals surface area (Å²) in [7, 11) is 0. The van der Waals surface area contributed by atoms with E-state index in [9.17, 15) is 4.79 Å². The number of hydrogen-bond donors (Lipinski definition) is 2. The maximum Gasteiger partial charge on any atom is 0.338 e. The first-order valence-corrected chi connectivity index (χ1v) is 9.45. The molecule has 0 unspecified atom stereocenters. The Morgan fingerprint density at radius 3 is 2.68 bits per heavy atom. The van der Waals surface area contributed by atoms with Crippen molar-refractivity contribution in [2.75, 3.05) is 17.2 Å². The van der Waals surface area contributed by atoms with Crippen LogP contribution >= 0.6 is 23.8 Å². The van der Waals surface area contributed by atoms with Crippen LogP contribution in [-0.2, 0) is 11.3 Å². The summed E-state index contributed by atoms with van der Waals surface area (Å²) < 4.78 is 6.76. The Kier molecular flexibility index (Phi) is 6.62. The third-order valence-electron chi connectivity index (χ3n) is 3.77. The molecule has 8 heteroatoms. The van der Waals surface area contributed by atoms with Crippen LogP contribution in [0.25, 0.3) is 0 Å². The molecule has 0 fully saturated rings. The van der Waals surface area contributed by atoms with Crippen LogP contribution in [0.2, 0.25) is 5.02 Å². The van der Waals surface area contributed by atoms with Crippen molar-refractivity contribution >= 4 is 46.4 Å². The molecule has 2 N–H and O–H groups in total. The Hall–Kier alpha value is -2.90. The summed E-state index contributed by atoms with van der Waals surface area (Å²) in [6, 6.07) is 16.4. The van der Waals surface area contributed by atoms with E-state index in [-0.39, 0.29) is 5.97 Å². The molecule has 0 aliphatic rings. The number of carbonyl (C=O) groups excluding carboxylic acids is 1. The molecule has 0 aliphatic heterocycles. The zero-order valence-corrected chi connectivity index (χ0v) is 16.8. The summed E-state index contributed by atoms with van der Waals surface area (Å²) in [6.07, 6.45) is 1.86. The number of nitrogens with one attached hydrogen (secondary N) is 2. The van der Waals surface area contributed by atoms with E-state index < -0.39 is 0 Å². The fourth-order valence-corrected chi connectivity index (χ4v) is 2.96. The number of esters is 1. The molecule has 0 amide bonds. The van der Waals surface area contributed by atoms with Gasteiger partial charge in [-0.25, -0.2) is 4.79 Å². The van der Waals surface area contributed by atoms with Crippen LogP contribution in [0.1, 0.15) is 22.8 Å². The lowest BCUT2D eigenvalue weighted by atomic mass is 10.2. The van der Waals surface area contributed by atoms with Gasteiger partial charge in [0.05, 0.1) is 18.7 Å². The number of hydrogen-bond acceptors (Lipinski definition) is 4. The molecule has 0 aliphatic carbocycles. The molecule has 0 saturated carbocycles. The van der Waals surface area contributed by atoms with Crippen LogP contribution < -0.4 is 10.6 Å². The van der Waals surface area contributed by atoms with E-state index >= 15 is 0 Å². The number of nitrogens with zero attached hydrogens (tertiary/aromatic N) is 2. The SMILES string of the molecule is CCOC(=O)c1ccc(NC(=S)Nc2ccn(Cc3cccc(Cl)c3)n2)cc1. The molecule has 3 rings (SSSR count). The van der Waals surface area contributed by atoms with Crippen LogP contribution in [-0.4, -0.2) is 27.5 Å². The van der Waals surface area contributed by atoms with Crippen molar-refractivity contribution in [2.24, 2.45) is 0 Å². The van der Waals surface area contributed by atoms with E-state index in [1.807, 2.05) is 36.5 Å². The Balaban J connectivity index is 1.55. The van der Waals surface area contributed by atoms with Gasteiger partial charge in [0.25, 0.3) is 0 Å². The van der Waals surface area contributed by atoms with Gasteiger partial charge in [-0.3, -0.25) is 4.68 Å². The van der Waals surface area contributed by atoms with Gasteiger partial charge < -0.3 is 15.4 Å². The molecule has 0 spiro atoms. The molecule has 0 bridgehead atoms. The van der Waals surface area contributed by atoms with Gasteiger partial charge >= 0.3 is 5.97 Å². The quantitative estimate of drug-likeness (QED) is 0.455. The van der Waals surface area contributed by atoms with Crippen molar-refractivity contribution in [2.45, 2.75) is 13.5 Å². The van der Waals surface area contributed by atoms with Crippen molar-refractivity contribution in [3.63, 3.8) is 0 Å². The fraction of sp³-hybridized carbons (Fsp3) is 0.150. The number of benzene rings is 2. The summed E-state index contributed by atoms with van der Waals surface area (Å²) in [4.78, 5) is 11.7. The van der Waals surface area contributed by atoms with Crippen molar-refractivity contribution < 1.29 is 9.53 Å². The van der Waals surface area contributed by atoms with Crippen molar-refractivity contribution in [3.8, 4) is 0 Å². The van der Waals surface area contributed by atoms with Gasteiger partial charge in [0.2, 0.25) is 0 Å². The summed E-state index contributed by atoms with van der Waals surface area (Å²) in [5.74, 6) is 0.280. The second-order valence-corrected chi connectivity index (χ2v) is 6.75. The van der Waals surface area contributed by atoms with Crippen LogP contribution in [0.3, 0.4) is 0 Å². The second kappa shape index (κ2) is 9.34. The highest BCUT2D eigenvalue weighted by Gasteiger charge is 2.07. The first-order chi connectivity index (χ1) is 13.5. The van der Waals surface area contributed by atoms with E-state index in [2.05, 4.69) is 15.7 Å². The Bertz CT molecular complexity index is 972. The predicted octanol–water partition coefficient (Wildman–Crippen LogP) is 4.57. The lowest BCUT2D eigenvalue weighted by molar-refractivity contribution is 0.0526. The number of thiocarbonyl (C=S) groups is 1. The highest BCUT2D eigenvalue weighted by atomic mass is 35.5. The summed E-state index contributed by atoms with van der Waals surface area (Å²) in [5, 5.41) is 11.6. The molecule has 0 atom stereocenters. The van der Waals surface area contributed by atoms with E-state index in [1.165, 1.54) is 0 Å². The largest absolute Gasteiger partial charge is 0.462 e. The minimum Gasteiger partial charge on any atom is -0.462 e. The lowest BCUT2D eigenvalue weighted by Crippen LogP contribution is -2.19. The van der Waals surface area contributed by atoms with E-state index in [1.54, 1.807) is 35.9 Å². The van der Waals surface area contributed by atoms with E-state index in [4.69, 9.17) is 28.6 Å². The Morgan fingerprint density at radius 1 is 1.18 bits per heavy atom. The molecule has 0 saturated heterocycles. The van der Waals surface area contributed by atoms with Crippen LogP contribution in [0.4, 0.5) is 11.5 Å². The molecule has 1 aromatic heterocycles. The molecule has 3 aromatic rings. The molecule has 6 nitrogen and oxygen atoms in total. The average molecular weight is 415 g/mol. The van der Waals surface area contributed by atoms with Gasteiger partial charge in [-0.2, -0.15) is 5.10 Å². The molecule has 0 radical (unpaired) electrons. The van der Waals surface area contributed by atoms with Gasteiger partial charge in [-0.05, 0) is 61.1 Å². The molecular formula is C20H19ClN4O2S. The second-order valence-electron chi connectivity index (χ2n) is 5.91. The zero-order valence-electron chi connectivity index (χ0n) is 15.2. The zero-order chi connectivity index (χ0) is 19.9. The summed E-state index contributed by atoms with van der Waals surface area (Å²) in [5.41, 5.74) is 2.31. The monoisotopic (exact) mass is 414 g/mol. The first-order valence-electron chi connectivity index (χ1n) is 8.66. The van der Waals surface area contributed by atoms with Gasteiger partial charge in [-0.15, -0.1) is 0 Å². The molecule has 2 aromatic carbocycles. The van der Waals surface area contributed by atoms with Crippen LogP contribution in [0, 0.1) is 0 Å². The first kappa shape index (κ1) is 19.9. The molecule has 1 heterocycles. The Morgan fingerprint density at radius 2 is 1.96 bits per heavy atom. The standard InChI is InChI=1S/C20H19ClN4O2S/c1-2-27-19(26)15-6-8-17(9-7-15)22-20(28)23-18-10-11-25(24-18)13-14-4-3-5-16(21)12-14/h3-12H,2,13H2,1H3,(H2,22,23,24,28). The van der Waals surface area contributed by atoms with Gasteiger partial charge in [0, 0.05) is 23.0 Å². The van der Waals surface area contributed by atoms with Crippen molar-refractivity contribution in [3.05, 3.63) is 76.9 Å². The lowest BCUT2D eigenvalue weighted by Gasteiger charge is -2.09. The van der Waals surface area contributed by atoms with Crippen LogP contribution in [0.15, 0.2) is 60.8 Å². The summed E-state index contributed by atoms with van der Waals surface area (Å²) in [6.45, 7) is 2.72. The average Bonchev–Trinajstić information content (AvgIpc) is 3.09. The molecule has 28 heavy (non-hydrogen) atoms. The highest BCUT2D eigenvalue weighted by molar-refractivity contribution is 7.80. The maximum absolute atomic E-state index is 11.7. The van der Waals surface area contributed by atoms with Gasteiger partial charge in [-0.1, -0.05) is 23.7 Å². The molecular weight excluding hydrogens is 396 g/mol. The Labute approximate surface area is 173 Å². The number of ether oxygens (including phenoxy) is 1. The number of rotatable bonds is 6. The van der Waals surface area contributed by atoms with Crippen molar-refractivity contribution in [1.29, 1.82) is 0 Å². The smallest absolute Gasteiger partial charge is 0.338 e. The summed E-state index contributed by atoms with van der Waals surface area (Å²) >= 11 is 11.3. The van der Waals surface area contributed by atoms with Crippen LogP contribution in [0.5, 0.6) is 0 Å². The van der Waals surface area contributed by atoms with Crippen molar-refractivity contribution in [1.82, 2.24) is 9.78 Å². The van der Waals surface area contributed by atoms with Gasteiger partial charge in [0.15, 0.2) is 10.9 Å². The molecule has 144 valence electrons. The third-order valence-corrected chi connectivity index (χ3v) is 4.21. The third kappa shape index (κ3) is 5.55. The van der Waals surface area contributed by atoms with E-state index in [0.29, 0.717) is 34.7 Å². The topological polar surface area (TPSA) is 68.2 Å².